The van der Waals surface area contributed by atoms with Gasteiger partial charge in [-0.1, -0.05) is 39.7 Å². The van der Waals surface area contributed by atoms with Crippen molar-refractivity contribution in [3.8, 4) is 21.7 Å². The number of rotatable bonds is 2. The van der Waals surface area contributed by atoms with E-state index < -0.39 is 0 Å². The van der Waals surface area contributed by atoms with Gasteiger partial charge < -0.3 is 5.73 Å². The molecular formula is C13H9BrClN3S. The molecule has 0 aliphatic rings. The van der Waals surface area contributed by atoms with Crippen LogP contribution in [0.15, 0.2) is 40.2 Å². The van der Waals surface area contributed by atoms with Gasteiger partial charge in [-0.3, -0.25) is 5.10 Å². The minimum atomic E-state index is 0.483. The van der Waals surface area contributed by atoms with E-state index in [4.69, 9.17) is 17.3 Å². The van der Waals surface area contributed by atoms with E-state index in [2.05, 4.69) is 26.1 Å². The molecule has 0 spiro atoms. The minimum absolute atomic E-state index is 0.483. The zero-order valence-corrected chi connectivity index (χ0v) is 12.8. The number of benzene rings is 1. The quantitative estimate of drug-likeness (QED) is 0.694. The van der Waals surface area contributed by atoms with Crippen LogP contribution in [-0.2, 0) is 0 Å². The van der Waals surface area contributed by atoms with Crippen LogP contribution in [-0.4, -0.2) is 10.2 Å². The first-order valence-corrected chi connectivity index (χ1v) is 7.55. The van der Waals surface area contributed by atoms with Gasteiger partial charge in [0.15, 0.2) is 5.82 Å². The first kappa shape index (κ1) is 12.7. The van der Waals surface area contributed by atoms with E-state index in [9.17, 15) is 0 Å². The number of nitrogens with two attached hydrogens (primary N) is 1. The second kappa shape index (κ2) is 5.00. The SMILES string of the molecule is Nc1n[nH]c(-c2ccc(Br)cc2Cl)c1-c1cccs1. The molecule has 0 unspecified atom stereocenters. The normalized spacial score (nSPS) is 10.8. The first-order chi connectivity index (χ1) is 9.16. The van der Waals surface area contributed by atoms with E-state index >= 15 is 0 Å². The Kier molecular flexibility index (Phi) is 3.35. The molecule has 3 rings (SSSR count). The average Bonchev–Trinajstić information content (AvgIpc) is 2.98. The van der Waals surface area contributed by atoms with Crippen molar-refractivity contribution in [3.63, 3.8) is 0 Å². The lowest BCUT2D eigenvalue weighted by Crippen LogP contribution is -1.87. The molecule has 2 heterocycles. The van der Waals surface area contributed by atoms with Crippen molar-refractivity contribution in [1.29, 1.82) is 0 Å². The summed E-state index contributed by atoms with van der Waals surface area (Å²) in [6.45, 7) is 0. The lowest BCUT2D eigenvalue weighted by Gasteiger charge is -2.05. The number of nitrogens with zero attached hydrogens (tertiary/aromatic N) is 1. The molecule has 3 nitrogen and oxygen atoms in total. The molecule has 1 aromatic carbocycles. The van der Waals surface area contributed by atoms with Crippen LogP contribution < -0.4 is 5.73 Å². The summed E-state index contributed by atoms with van der Waals surface area (Å²) in [6.07, 6.45) is 0. The molecule has 0 aliphatic carbocycles. The molecule has 6 heteroatoms. The van der Waals surface area contributed by atoms with Crippen molar-refractivity contribution in [3.05, 3.63) is 45.2 Å². The van der Waals surface area contributed by atoms with Gasteiger partial charge in [-0.05, 0) is 23.6 Å². The maximum absolute atomic E-state index is 6.29. The molecule has 0 bridgehead atoms. The first-order valence-electron chi connectivity index (χ1n) is 5.50. The standard InChI is InChI=1S/C13H9BrClN3S/c14-7-3-4-8(9(15)6-7)12-11(13(16)18-17-12)10-2-1-5-19-10/h1-6H,(H3,16,17,18). The Hall–Kier alpha value is -1.30. The number of hydrogen-bond donors (Lipinski definition) is 2. The van der Waals surface area contributed by atoms with Gasteiger partial charge in [-0.2, -0.15) is 5.10 Å². The van der Waals surface area contributed by atoms with Crippen LogP contribution >= 0.6 is 38.9 Å². The van der Waals surface area contributed by atoms with Gasteiger partial charge in [-0.15, -0.1) is 11.3 Å². The monoisotopic (exact) mass is 353 g/mol. The van der Waals surface area contributed by atoms with Crippen LogP contribution in [0.4, 0.5) is 5.82 Å². The minimum Gasteiger partial charge on any atom is -0.382 e. The van der Waals surface area contributed by atoms with Crippen molar-refractivity contribution in [2.45, 2.75) is 0 Å². The highest BCUT2D eigenvalue weighted by Gasteiger charge is 2.17. The van der Waals surface area contributed by atoms with Gasteiger partial charge in [0, 0.05) is 14.9 Å². The summed E-state index contributed by atoms with van der Waals surface area (Å²) in [7, 11) is 0. The van der Waals surface area contributed by atoms with E-state index in [1.54, 1.807) is 11.3 Å². The topological polar surface area (TPSA) is 54.7 Å². The Bertz CT molecular complexity index is 722. The highest BCUT2D eigenvalue weighted by molar-refractivity contribution is 9.10. The van der Waals surface area contributed by atoms with Crippen molar-refractivity contribution >= 4 is 44.7 Å². The Morgan fingerprint density at radius 1 is 1.32 bits per heavy atom. The Morgan fingerprint density at radius 3 is 2.84 bits per heavy atom. The van der Waals surface area contributed by atoms with Crippen LogP contribution in [0.5, 0.6) is 0 Å². The lowest BCUT2D eigenvalue weighted by molar-refractivity contribution is 1.10. The summed E-state index contributed by atoms with van der Waals surface area (Å²) in [6, 6.07) is 9.74. The van der Waals surface area contributed by atoms with Crippen molar-refractivity contribution in [2.24, 2.45) is 0 Å². The number of thiophene rings is 1. The van der Waals surface area contributed by atoms with Crippen LogP contribution in [0.1, 0.15) is 0 Å². The third kappa shape index (κ3) is 2.29. The molecule has 0 aliphatic heterocycles. The summed E-state index contributed by atoms with van der Waals surface area (Å²) in [5, 5.41) is 9.73. The molecule has 96 valence electrons. The summed E-state index contributed by atoms with van der Waals surface area (Å²) in [4.78, 5) is 1.07. The van der Waals surface area contributed by atoms with E-state index in [0.717, 1.165) is 26.2 Å². The largest absolute Gasteiger partial charge is 0.382 e. The van der Waals surface area contributed by atoms with Gasteiger partial charge in [-0.25, -0.2) is 0 Å². The molecular weight excluding hydrogens is 346 g/mol. The molecule has 2 aromatic heterocycles. The van der Waals surface area contributed by atoms with E-state index in [-0.39, 0.29) is 0 Å². The predicted molar refractivity (Wildman–Crippen MR) is 84.5 cm³/mol. The third-order valence-corrected chi connectivity index (χ3v) is 4.46. The van der Waals surface area contributed by atoms with Crippen LogP contribution in [0.3, 0.4) is 0 Å². The van der Waals surface area contributed by atoms with E-state index in [1.807, 2.05) is 35.7 Å². The maximum atomic E-state index is 6.29. The van der Waals surface area contributed by atoms with Crippen molar-refractivity contribution in [2.75, 3.05) is 5.73 Å². The smallest absolute Gasteiger partial charge is 0.154 e. The number of aromatic amines is 1. The second-order valence-corrected chi connectivity index (χ2v) is 6.23. The number of hydrogen-bond acceptors (Lipinski definition) is 3. The Labute approximate surface area is 127 Å². The van der Waals surface area contributed by atoms with Gasteiger partial charge in [0.25, 0.3) is 0 Å². The molecule has 0 fully saturated rings. The zero-order valence-electron chi connectivity index (χ0n) is 9.65. The molecule has 3 aromatic rings. The Morgan fingerprint density at radius 2 is 2.16 bits per heavy atom. The number of aromatic nitrogens is 2. The van der Waals surface area contributed by atoms with Crippen LogP contribution in [0.2, 0.25) is 5.02 Å². The number of anilines is 1. The van der Waals surface area contributed by atoms with Gasteiger partial charge in [0.2, 0.25) is 0 Å². The Balaban J connectivity index is 2.21. The number of halogens is 2. The second-order valence-electron chi connectivity index (χ2n) is 3.96. The molecule has 0 radical (unpaired) electrons. The predicted octanol–water partition coefficient (Wildman–Crippen LogP) is 4.80. The summed E-state index contributed by atoms with van der Waals surface area (Å²) < 4.78 is 0.936. The molecule has 0 saturated carbocycles. The van der Waals surface area contributed by atoms with Crippen LogP contribution in [0, 0.1) is 0 Å². The number of nitrogens with one attached hydrogen (secondary N) is 1. The van der Waals surface area contributed by atoms with E-state index in [0.29, 0.717) is 10.8 Å². The third-order valence-electron chi connectivity index (χ3n) is 2.76. The highest BCUT2D eigenvalue weighted by atomic mass is 79.9. The molecule has 3 N–H and O–H groups in total. The van der Waals surface area contributed by atoms with Crippen LogP contribution in [0.25, 0.3) is 21.7 Å². The van der Waals surface area contributed by atoms with Crippen molar-refractivity contribution < 1.29 is 0 Å². The summed E-state index contributed by atoms with van der Waals surface area (Å²) >= 11 is 11.3. The fraction of sp³-hybridized carbons (Fsp3) is 0. The number of H-pyrrole nitrogens is 1. The number of nitrogen functional groups attached to an aromatic ring is 1. The highest BCUT2D eigenvalue weighted by Crippen LogP contribution is 2.40. The fourth-order valence-corrected chi connectivity index (χ4v) is 3.47. The lowest BCUT2D eigenvalue weighted by atomic mass is 10.1. The zero-order chi connectivity index (χ0) is 13.4. The summed E-state index contributed by atoms with van der Waals surface area (Å²) in [5.74, 6) is 0.483. The maximum Gasteiger partial charge on any atom is 0.154 e. The summed E-state index contributed by atoms with van der Waals surface area (Å²) in [5.41, 5.74) is 8.60. The fourth-order valence-electron chi connectivity index (χ4n) is 1.91. The van der Waals surface area contributed by atoms with Gasteiger partial charge in [0.05, 0.1) is 16.3 Å². The van der Waals surface area contributed by atoms with E-state index in [1.165, 1.54) is 0 Å². The molecule has 19 heavy (non-hydrogen) atoms. The average molecular weight is 355 g/mol. The molecule has 0 atom stereocenters. The molecule has 0 amide bonds. The van der Waals surface area contributed by atoms with Gasteiger partial charge >= 0.3 is 0 Å². The van der Waals surface area contributed by atoms with Crippen molar-refractivity contribution in [1.82, 2.24) is 10.2 Å². The van der Waals surface area contributed by atoms with Gasteiger partial charge in [0.1, 0.15) is 0 Å². The molecule has 0 saturated heterocycles.